The number of halogens is 3. The normalized spacial score (nSPS) is 19.0. The number of aryl methyl sites for hydroxylation is 1. The second-order valence-electron chi connectivity index (χ2n) is 24.3. The lowest BCUT2D eigenvalue weighted by Crippen LogP contribution is -2.42. The molecule has 5 heterocycles. The molecule has 0 unspecified atom stereocenters. The molecule has 0 spiro atoms. The van der Waals surface area contributed by atoms with Crippen molar-refractivity contribution in [1.82, 2.24) is 39.0 Å². The number of piperidine rings is 2. The van der Waals surface area contributed by atoms with Crippen molar-refractivity contribution in [2.75, 3.05) is 38.0 Å². The van der Waals surface area contributed by atoms with Crippen LogP contribution in [0, 0.1) is 24.7 Å². The van der Waals surface area contributed by atoms with Crippen molar-refractivity contribution in [3.8, 4) is 22.3 Å². The van der Waals surface area contributed by atoms with Crippen LogP contribution in [0.2, 0.25) is 0 Å². The molecular formula is C64H76F3N9O4. The van der Waals surface area contributed by atoms with E-state index in [1.54, 1.807) is 11.1 Å². The number of amides is 2. The van der Waals surface area contributed by atoms with Gasteiger partial charge in [-0.1, -0.05) is 60.7 Å². The standard InChI is InChI=1S/C64H76F3N9O4/c1-42-33-46(11-21-55(42)51-16-22-58-52(34-51)40-75(71-58)39-45-5-6-45)38-74(62(79)80-63(2,3)4)37-44-9-14-50(15-10-44)60(78)73-31-25-48(26-32-73)47-23-29-72(30-24-47)36-43-7-12-49(13-8-43)57-41-76(53-17-19-54(77)20-18-53)59-56(57)35-69-61(70-59)68-28-27-64(65,66)67/h7-16,21-22,33-35,40-41,45,47-48,53-54,77H,5-6,17-20,23-32,36-39H2,1-4H3,(H,68,69,70). The van der Waals surface area contributed by atoms with E-state index in [9.17, 15) is 27.9 Å². The minimum absolute atomic E-state index is 0.0513. The molecule has 0 atom stereocenters. The molecule has 16 heteroatoms. The molecule has 2 amide bonds. The number of aliphatic hydroxyl groups excluding tert-OH is 1. The third-order valence-corrected chi connectivity index (χ3v) is 17.0. The van der Waals surface area contributed by atoms with E-state index in [0.717, 1.165) is 139 Å². The topological polar surface area (TPSA) is 134 Å². The van der Waals surface area contributed by atoms with Crippen molar-refractivity contribution in [1.29, 1.82) is 0 Å². The smallest absolute Gasteiger partial charge is 0.410 e. The number of hydrogen-bond acceptors (Lipinski definition) is 9. The summed E-state index contributed by atoms with van der Waals surface area (Å²) in [4.78, 5) is 43.0. The highest BCUT2D eigenvalue weighted by Gasteiger charge is 2.33. The number of alkyl halides is 3. The van der Waals surface area contributed by atoms with Gasteiger partial charge in [0.2, 0.25) is 5.95 Å². The van der Waals surface area contributed by atoms with E-state index in [0.29, 0.717) is 49.0 Å². The van der Waals surface area contributed by atoms with Crippen LogP contribution >= 0.6 is 0 Å². The Bertz CT molecular complexity index is 3280. The summed E-state index contributed by atoms with van der Waals surface area (Å²) in [7, 11) is 0. The predicted octanol–water partition coefficient (Wildman–Crippen LogP) is 13.4. The fourth-order valence-corrected chi connectivity index (χ4v) is 12.4. The van der Waals surface area contributed by atoms with Crippen molar-refractivity contribution < 1.29 is 32.6 Å². The average molecular weight is 1090 g/mol. The summed E-state index contributed by atoms with van der Waals surface area (Å²) in [5.74, 6) is 2.21. The molecule has 13 nitrogen and oxygen atoms in total. The third-order valence-electron chi connectivity index (χ3n) is 17.0. The molecule has 0 radical (unpaired) electrons. The SMILES string of the molecule is Cc1cc(CN(Cc2ccc(C(=O)N3CCC(C4CCN(Cc5ccc(-c6cn(C7CCC(O)CC7)c7nc(NCCC(F)(F)F)ncc67)cc5)CC4)CC3)cc2)C(=O)OC(C)(C)C)ccc1-c1ccc2nn(CC3CC3)cc2c1. The van der Waals surface area contributed by atoms with Crippen LogP contribution in [0.3, 0.4) is 0 Å². The molecule has 2 aliphatic heterocycles. The van der Waals surface area contributed by atoms with E-state index in [2.05, 4.69) is 104 Å². The first-order valence-electron chi connectivity index (χ1n) is 29.0. The highest BCUT2D eigenvalue weighted by Crippen LogP contribution is 2.39. The van der Waals surface area contributed by atoms with Gasteiger partial charge in [0.15, 0.2) is 0 Å². The van der Waals surface area contributed by atoms with Gasteiger partial charge in [-0.2, -0.15) is 23.3 Å². The fourth-order valence-electron chi connectivity index (χ4n) is 12.4. The Morgan fingerprint density at radius 2 is 1.41 bits per heavy atom. The van der Waals surface area contributed by atoms with Gasteiger partial charge in [0.25, 0.3) is 5.91 Å². The molecule has 4 fully saturated rings. The van der Waals surface area contributed by atoms with Crippen LogP contribution < -0.4 is 5.32 Å². The maximum atomic E-state index is 13.9. The lowest BCUT2D eigenvalue weighted by molar-refractivity contribution is -0.131. The second kappa shape index (κ2) is 23.4. The number of benzene rings is 4. The molecule has 2 saturated carbocycles. The van der Waals surface area contributed by atoms with Gasteiger partial charge < -0.3 is 24.6 Å². The van der Waals surface area contributed by atoms with Crippen molar-refractivity contribution in [2.24, 2.45) is 17.8 Å². The van der Waals surface area contributed by atoms with E-state index in [-0.39, 0.29) is 36.6 Å². The van der Waals surface area contributed by atoms with Gasteiger partial charge in [-0.15, -0.1) is 0 Å². The lowest BCUT2D eigenvalue weighted by Gasteiger charge is -2.40. The summed E-state index contributed by atoms with van der Waals surface area (Å²) in [5.41, 5.74) is 10.3. The van der Waals surface area contributed by atoms with Gasteiger partial charge in [0.1, 0.15) is 11.2 Å². The number of likely N-dealkylation sites (tertiary alicyclic amines) is 2. The Hall–Kier alpha value is -6.78. The number of nitrogens with zero attached hydrogens (tertiary/aromatic N) is 8. The molecule has 2 N–H and O–H groups in total. The molecule has 422 valence electrons. The molecule has 80 heavy (non-hydrogen) atoms. The number of hydrogen-bond donors (Lipinski definition) is 2. The van der Waals surface area contributed by atoms with Crippen LogP contribution in [0.25, 0.3) is 44.2 Å². The Labute approximate surface area is 467 Å². The van der Waals surface area contributed by atoms with Gasteiger partial charge in [-0.25, -0.2) is 9.78 Å². The Kier molecular flexibility index (Phi) is 16.1. The predicted molar refractivity (Wildman–Crippen MR) is 307 cm³/mol. The lowest BCUT2D eigenvalue weighted by atomic mass is 9.78. The summed E-state index contributed by atoms with van der Waals surface area (Å²) >= 11 is 0. The number of fused-ring (bicyclic) bond motifs is 2. The van der Waals surface area contributed by atoms with E-state index in [1.165, 1.54) is 18.4 Å². The first-order chi connectivity index (χ1) is 38.4. The summed E-state index contributed by atoms with van der Waals surface area (Å²) in [6.07, 6.45) is 9.86. The van der Waals surface area contributed by atoms with Crippen molar-refractivity contribution in [2.45, 2.75) is 148 Å². The monoisotopic (exact) mass is 1090 g/mol. The Balaban J connectivity index is 0.659. The maximum absolute atomic E-state index is 13.9. The molecule has 2 saturated heterocycles. The number of ether oxygens (including phenoxy) is 1. The van der Waals surface area contributed by atoms with E-state index in [4.69, 9.17) is 14.8 Å². The molecule has 4 aromatic carbocycles. The van der Waals surface area contributed by atoms with Crippen LogP contribution in [-0.2, 0) is 30.9 Å². The van der Waals surface area contributed by atoms with Crippen LogP contribution in [-0.4, -0.2) is 107 Å². The Morgan fingerprint density at radius 1 is 0.750 bits per heavy atom. The number of aromatic nitrogens is 5. The number of carbonyl (C=O) groups is 2. The average Bonchev–Trinajstić information content (AvgIpc) is 4.12. The van der Waals surface area contributed by atoms with Crippen LogP contribution in [0.1, 0.15) is 130 Å². The summed E-state index contributed by atoms with van der Waals surface area (Å²) in [6, 6.07) is 29.4. The number of aliphatic hydroxyl groups is 1. The molecule has 4 aliphatic rings. The minimum Gasteiger partial charge on any atom is -0.444 e. The molecule has 11 rings (SSSR count). The highest BCUT2D eigenvalue weighted by atomic mass is 19.4. The third kappa shape index (κ3) is 13.5. The summed E-state index contributed by atoms with van der Waals surface area (Å²) in [6.45, 7) is 13.6. The van der Waals surface area contributed by atoms with Crippen molar-refractivity contribution >= 4 is 39.9 Å². The largest absolute Gasteiger partial charge is 0.444 e. The number of rotatable bonds is 16. The zero-order valence-electron chi connectivity index (χ0n) is 46.7. The van der Waals surface area contributed by atoms with Crippen molar-refractivity contribution in [3.05, 3.63) is 131 Å². The first-order valence-corrected chi connectivity index (χ1v) is 29.0. The zero-order valence-corrected chi connectivity index (χ0v) is 46.7. The number of nitrogens with one attached hydrogen (secondary N) is 1. The fraction of sp³-hybridized carbons (Fsp3) is 0.484. The van der Waals surface area contributed by atoms with E-state index >= 15 is 0 Å². The molecule has 7 aromatic rings. The highest BCUT2D eigenvalue weighted by molar-refractivity contribution is 5.95. The van der Waals surface area contributed by atoms with Gasteiger partial charge in [0.05, 0.1) is 18.0 Å². The molecule has 0 bridgehead atoms. The number of anilines is 1. The van der Waals surface area contributed by atoms with Gasteiger partial charge in [-0.3, -0.25) is 19.3 Å². The Morgan fingerprint density at radius 3 is 2.09 bits per heavy atom. The summed E-state index contributed by atoms with van der Waals surface area (Å²) in [5, 5.41) is 19.7. The van der Waals surface area contributed by atoms with Gasteiger partial charge in [0, 0.05) is 92.3 Å². The van der Waals surface area contributed by atoms with Gasteiger partial charge in [-0.05, 0) is 186 Å². The molecular weight excluding hydrogens is 1020 g/mol. The van der Waals surface area contributed by atoms with Crippen molar-refractivity contribution in [3.63, 3.8) is 0 Å². The molecule has 2 aliphatic carbocycles. The molecule has 3 aromatic heterocycles. The van der Waals surface area contributed by atoms with Crippen LogP contribution in [0.5, 0.6) is 0 Å². The van der Waals surface area contributed by atoms with Gasteiger partial charge >= 0.3 is 12.3 Å². The second-order valence-corrected chi connectivity index (χ2v) is 24.3. The van der Waals surface area contributed by atoms with Crippen LogP contribution in [0.4, 0.5) is 23.9 Å². The quantitative estimate of drug-likeness (QED) is 0.0970. The maximum Gasteiger partial charge on any atom is 0.410 e. The van der Waals surface area contributed by atoms with E-state index < -0.39 is 18.2 Å². The first kappa shape index (κ1) is 55.1. The van der Waals surface area contributed by atoms with E-state index in [1.807, 2.05) is 49.9 Å². The zero-order chi connectivity index (χ0) is 55.7. The minimum atomic E-state index is -4.27. The number of carbonyl (C=O) groups excluding carboxylic acids is 2. The summed E-state index contributed by atoms with van der Waals surface area (Å²) < 4.78 is 48.8. The van der Waals surface area contributed by atoms with Crippen LogP contribution in [0.15, 0.2) is 104 Å².